The van der Waals surface area contributed by atoms with Crippen LogP contribution in [0.25, 0.3) is 22.3 Å². The van der Waals surface area contributed by atoms with Crippen LogP contribution in [0.5, 0.6) is 0 Å². The van der Waals surface area contributed by atoms with Gasteiger partial charge in [0, 0.05) is 50.0 Å². The Morgan fingerprint density at radius 3 is 2.44 bits per heavy atom. The monoisotopic (exact) mass is 530 g/mol. The molecule has 1 atom stereocenters. The van der Waals surface area contributed by atoms with Crippen LogP contribution in [0, 0.1) is 18.6 Å². The molecule has 0 radical (unpaired) electrons. The van der Waals surface area contributed by atoms with Crippen LogP contribution in [-0.4, -0.2) is 56.0 Å². The van der Waals surface area contributed by atoms with Gasteiger partial charge in [-0.1, -0.05) is 39.1 Å². The van der Waals surface area contributed by atoms with Crippen molar-refractivity contribution in [3.8, 4) is 11.3 Å². The molecule has 198 valence electrons. The Hall–Kier alpha value is -2.47. The summed E-state index contributed by atoms with van der Waals surface area (Å²) in [5.41, 5.74) is -2.39. The molecule has 1 saturated heterocycles. The van der Waals surface area contributed by atoms with Crippen molar-refractivity contribution in [2.45, 2.75) is 52.8 Å². The van der Waals surface area contributed by atoms with E-state index in [-0.39, 0.29) is 11.7 Å². The van der Waals surface area contributed by atoms with Gasteiger partial charge >= 0.3 is 6.18 Å². The van der Waals surface area contributed by atoms with Gasteiger partial charge < -0.3 is 4.90 Å². The number of alkyl halides is 3. The average Bonchev–Trinajstić information content (AvgIpc) is 3.18. The second kappa shape index (κ2) is 11.3. The van der Waals surface area contributed by atoms with Gasteiger partial charge in [0.25, 0.3) is 0 Å². The second-order valence-corrected chi connectivity index (χ2v) is 9.19. The Morgan fingerprint density at radius 2 is 1.83 bits per heavy atom. The Morgan fingerprint density at radius 1 is 1.14 bits per heavy atom. The summed E-state index contributed by atoms with van der Waals surface area (Å²) in [4.78, 5) is 11.2. The maximum Gasteiger partial charge on any atom is 0.419 e. The first-order valence-corrected chi connectivity index (χ1v) is 13.1. The predicted octanol–water partition coefficient (Wildman–Crippen LogP) is 6.23. The minimum Gasteiger partial charge on any atom is -0.335 e. The summed E-state index contributed by atoms with van der Waals surface area (Å²) in [6.45, 7) is 9.50. The van der Waals surface area contributed by atoms with Gasteiger partial charge in [0.2, 0.25) is 5.95 Å². The number of rotatable bonds is 5. The van der Waals surface area contributed by atoms with E-state index >= 15 is 0 Å². The summed E-state index contributed by atoms with van der Waals surface area (Å²) in [7, 11) is 1.58. The fourth-order valence-corrected chi connectivity index (χ4v) is 4.94. The molecule has 0 bridgehead atoms. The van der Waals surface area contributed by atoms with Crippen molar-refractivity contribution in [2.75, 3.05) is 30.8 Å². The molecule has 36 heavy (non-hydrogen) atoms. The first kappa shape index (κ1) is 28.1. The molecule has 1 aliphatic heterocycles. The molecule has 12 heteroatoms. The summed E-state index contributed by atoms with van der Waals surface area (Å²) in [6, 6.07) is 0.676. The molecule has 0 aliphatic carbocycles. The molecular weight excluding hydrogens is 499 g/mol. The quantitative estimate of drug-likeness (QED) is 0.288. The third-order valence-electron chi connectivity index (χ3n) is 6.13. The molecule has 1 fully saturated rings. The molecule has 3 aromatic rings. The van der Waals surface area contributed by atoms with Gasteiger partial charge in [0.05, 0.1) is 10.9 Å². The van der Waals surface area contributed by atoms with E-state index in [9.17, 15) is 22.0 Å². The normalized spacial score (nSPS) is 16.9. The van der Waals surface area contributed by atoms with Crippen molar-refractivity contribution in [1.82, 2.24) is 24.1 Å². The lowest BCUT2D eigenvalue weighted by molar-refractivity contribution is -0.140. The van der Waals surface area contributed by atoms with Gasteiger partial charge in [-0.05, 0) is 25.7 Å². The topological polar surface area (TPSA) is 50.1 Å². The average molecular weight is 531 g/mol. The molecule has 1 unspecified atom stereocenters. The number of hydrogen-bond acceptors (Lipinski definition) is 6. The van der Waals surface area contributed by atoms with E-state index < -0.39 is 34.5 Å². The van der Waals surface area contributed by atoms with Crippen molar-refractivity contribution < 1.29 is 22.0 Å². The zero-order chi connectivity index (χ0) is 26.8. The SMILES string of the molecule is CC.CCCC1CN(SC)CCN1c1ncc2c(-c3cc(C(F)(F)F)c(F)c(C)c3F)nn(C)c2n1. The van der Waals surface area contributed by atoms with E-state index in [4.69, 9.17) is 0 Å². The highest BCUT2D eigenvalue weighted by Gasteiger charge is 2.37. The standard InChI is InChI=1S/C22H25F5N6S.C2H6/c1-5-6-13-11-32(34-4)7-8-33(13)21-28-10-15-19(30-31(3)20(15)29-21)14-9-16(22(25,26)27)18(24)12(2)17(14)23;1-2/h9-10,13H,5-8,11H2,1-4H3;1-2H3. The maximum atomic E-state index is 14.9. The molecule has 0 amide bonds. The highest BCUT2D eigenvalue weighted by atomic mass is 32.2. The van der Waals surface area contributed by atoms with Crippen molar-refractivity contribution in [1.29, 1.82) is 0 Å². The number of benzene rings is 1. The smallest absolute Gasteiger partial charge is 0.335 e. The van der Waals surface area contributed by atoms with Crippen LogP contribution in [0.4, 0.5) is 27.9 Å². The Labute approximate surface area is 212 Å². The largest absolute Gasteiger partial charge is 0.419 e. The molecule has 2 aromatic heterocycles. The minimum absolute atomic E-state index is 0.0625. The summed E-state index contributed by atoms with van der Waals surface area (Å²) >= 11 is 1.69. The third kappa shape index (κ3) is 5.29. The van der Waals surface area contributed by atoms with Crippen molar-refractivity contribution in [3.05, 3.63) is 35.0 Å². The minimum atomic E-state index is -4.97. The number of piperazine rings is 1. The summed E-state index contributed by atoms with van der Waals surface area (Å²) in [6.07, 6.45) is 0.467. The molecule has 0 saturated carbocycles. The molecule has 1 aliphatic rings. The lowest BCUT2D eigenvalue weighted by Crippen LogP contribution is -2.51. The van der Waals surface area contributed by atoms with E-state index in [0.717, 1.165) is 39.4 Å². The lowest BCUT2D eigenvalue weighted by Gasteiger charge is -2.40. The third-order valence-corrected chi connectivity index (χ3v) is 6.98. The van der Waals surface area contributed by atoms with E-state index in [2.05, 4.69) is 31.2 Å². The van der Waals surface area contributed by atoms with Gasteiger partial charge in [0.15, 0.2) is 5.65 Å². The fraction of sp³-hybridized carbons (Fsp3) is 0.542. The van der Waals surface area contributed by atoms with Crippen molar-refractivity contribution >= 4 is 28.9 Å². The highest BCUT2D eigenvalue weighted by Crippen LogP contribution is 2.39. The van der Waals surface area contributed by atoms with Gasteiger partial charge in [-0.15, -0.1) is 0 Å². The highest BCUT2D eigenvalue weighted by molar-refractivity contribution is 7.96. The predicted molar refractivity (Wildman–Crippen MR) is 134 cm³/mol. The first-order valence-electron chi connectivity index (χ1n) is 11.9. The molecule has 4 rings (SSSR count). The Balaban J connectivity index is 0.00000176. The fourth-order valence-electron chi connectivity index (χ4n) is 4.35. The van der Waals surface area contributed by atoms with Crippen molar-refractivity contribution in [2.24, 2.45) is 7.05 Å². The number of halogens is 5. The van der Waals surface area contributed by atoms with Gasteiger partial charge in [-0.2, -0.15) is 23.3 Å². The van der Waals surface area contributed by atoms with E-state index in [0.29, 0.717) is 23.0 Å². The van der Waals surface area contributed by atoms with Crippen LogP contribution in [-0.2, 0) is 13.2 Å². The van der Waals surface area contributed by atoms with E-state index in [1.807, 2.05) is 20.1 Å². The Kier molecular flexibility index (Phi) is 8.81. The Bertz CT molecular complexity index is 1210. The zero-order valence-electron chi connectivity index (χ0n) is 21.2. The van der Waals surface area contributed by atoms with Crippen LogP contribution in [0.1, 0.15) is 44.7 Å². The molecule has 0 spiro atoms. The number of aromatic nitrogens is 4. The molecule has 0 N–H and O–H groups in total. The second-order valence-electron chi connectivity index (χ2n) is 8.31. The number of anilines is 1. The van der Waals surface area contributed by atoms with Gasteiger partial charge in [-0.3, -0.25) is 0 Å². The van der Waals surface area contributed by atoms with Crippen LogP contribution < -0.4 is 4.90 Å². The summed E-state index contributed by atoms with van der Waals surface area (Å²) in [5, 5.41) is 4.53. The first-order chi connectivity index (χ1) is 17.1. The summed E-state index contributed by atoms with van der Waals surface area (Å²) in [5.74, 6) is -2.22. The molecule has 3 heterocycles. The van der Waals surface area contributed by atoms with Gasteiger partial charge in [0.1, 0.15) is 17.3 Å². The summed E-state index contributed by atoms with van der Waals surface area (Å²) < 4.78 is 72.8. The van der Waals surface area contributed by atoms with Crippen LogP contribution >= 0.6 is 11.9 Å². The zero-order valence-corrected chi connectivity index (χ0v) is 22.1. The molecule has 6 nitrogen and oxygen atoms in total. The number of hydrogen-bond donors (Lipinski definition) is 0. The number of fused-ring (bicyclic) bond motifs is 1. The molecular formula is C24H31F5N6S. The van der Waals surface area contributed by atoms with Crippen LogP contribution in [0.2, 0.25) is 0 Å². The van der Waals surface area contributed by atoms with Crippen molar-refractivity contribution in [3.63, 3.8) is 0 Å². The number of nitrogens with zero attached hydrogens (tertiary/aromatic N) is 6. The number of aryl methyl sites for hydroxylation is 1. The molecule has 1 aromatic carbocycles. The van der Waals surface area contributed by atoms with Crippen LogP contribution in [0.15, 0.2) is 12.3 Å². The lowest BCUT2D eigenvalue weighted by atomic mass is 10.0. The van der Waals surface area contributed by atoms with Crippen LogP contribution in [0.3, 0.4) is 0 Å². The maximum absolute atomic E-state index is 14.9. The van der Waals surface area contributed by atoms with E-state index in [1.54, 1.807) is 19.0 Å². The van der Waals surface area contributed by atoms with E-state index in [1.165, 1.54) is 10.9 Å². The van der Waals surface area contributed by atoms with Gasteiger partial charge in [-0.25, -0.2) is 22.8 Å².